The molecule has 2 rings (SSSR count). The Kier molecular flexibility index (Phi) is 5.10. The van der Waals surface area contributed by atoms with E-state index in [0.717, 1.165) is 5.56 Å². The highest BCUT2D eigenvalue weighted by Crippen LogP contribution is 2.18. The van der Waals surface area contributed by atoms with Gasteiger partial charge >= 0.3 is 0 Å². The van der Waals surface area contributed by atoms with Crippen molar-refractivity contribution in [3.63, 3.8) is 0 Å². The summed E-state index contributed by atoms with van der Waals surface area (Å²) in [7, 11) is 0. The van der Waals surface area contributed by atoms with Crippen LogP contribution in [0, 0.1) is 0 Å². The van der Waals surface area contributed by atoms with Crippen LogP contribution in [-0.2, 0) is 0 Å². The van der Waals surface area contributed by atoms with Crippen molar-refractivity contribution in [2.45, 2.75) is 6.42 Å². The van der Waals surface area contributed by atoms with Crippen molar-refractivity contribution in [3.8, 4) is 0 Å². The second-order valence-electron chi connectivity index (χ2n) is 4.39. The summed E-state index contributed by atoms with van der Waals surface area (Å²) in [6.07, 6.45) is 2.09. The molecule has 2 aromatic carbocycles. The lowest BCUT2D eigenvalue weighted by molar-refractivity contribution is 0.102. The third-order valence-corrected chi connectivity index (χ3v) is 3.13. The first kappa shape index (κ1) is 14.5. The van der Waals surface area contributed by atoms with E-state index < -0.39 is 0 Å². The summed E-state index contributed by atoms with van der Waals surface area (Å²) < 4.78 is 0. The van der Waals surface area contributed by atoms with Crippen molar-refractivity contribution >= 4 is 23.5 Å². The number of aliphatic hydroxyl groups is 1. The highest BCUT2D eigenvalue weighted by Gasteiger charge is 2.11. The van der Waals surface area contributed by atoms with E-state index in [9.17, 15) is 4.79 Å². The molecule has 2 aromatic rings. The molecule has 0 saturated carbocycles. The van der Waals surface area contributed by atoms with Gasteiger partial charge in [-0.3, -0.25) is 4.79 Å². The van der Waals surface area contributed by atoms with Gasteiger partial charge in [-0.05, 0) is 30.2 Å². The fourth-order valence-electron chi connectivity index (χ4n) is 1.94. The zero-order valence-corrected chi connectivity index (χ0v) is 11.7. The average molecular weight is 287 g/mol. The Morgan fingerprint density at radius 2 is 1.85 bits per heavy atom. The molecule has 0 spiro atoms. The molecule has 0 amide bonds. The van der Waals surface area contributed by atoms with Gasteiger partial charge in [-0.25, -0.2) is 0 Å². The van der Waals surface area contributed by atoms with Crippen LogP contribution in [0.25, 0.3) is 6.08 Å². The van der Waals surface area contributed by atoms with Gasteiger partial charge < -0.3 is 5.11 Å². The molecule has 1 N–H and O–H groups in total. The summed E-state index contributed by atoms with van der Waals surface area (Å²) in [5.41, 5.74) is 2.04. The van der Waals surface area contributed by atoms with Crippen LogP contribution in [0.5, 0.6) is 0 Å². The van der Waals surface area contributed by atoms with Crippen LogP contribution in [0.3, 0.4) is 0 Å². The molecule has 0 fully saturated rings. The maximum atomic E-state index is 12.4. The minimum absolute atomic E-state index is 0.0645. The topological polar surface area (TPSA) is 37.3 Å². The van der Waals surface area contributed by atoms with Crippen molar-refractivity contribution < 1.29 is 9.90 Å². The lowest BCUT2D eigenvalue weighted by Crippen LogP contribution is -2.05. The van der Waals surface area contributed by atoms with Gasteiger partial charge in [-0.2, -0.15) is 0 Å². The minimum atomic E-state index is -0.0698. The highest BCUT2D eigenvalue weighted by atomic mass is 35.5. The average Bonchev–Trinajstić information content (AvgIpc) is 2.47. The molecular weight excluding hydrogens is 272 g/mol. The fraction of sp³-hybridized carbons (Fsp3) is 0.118. The SMILES string of the molecule is O=C(/C(=C\c1cccc(Cl)c1)CCO)c1ccccc1. The van der Waals surface area contributed by atoms with E-state index in [0.29, 0.717) is 22.6 Å². The molecular formula is C17H15ClO2. The molecule has 0 unspecified atom stereocenters. The molecule has 0 aromatic heterocycles. The van der Waals surface area contributed by atoms with Gasteiger partial charge in [0.1, 0.15) is 0 Å². The molecule has 0 aliphatic carbocycles. The Labute approximate surface area is 123 Å². The summed E-state index contributed by atoms with van der Waals surface area (Å²) in [5, 5.41) is 9.77. The van der Waals surface area contributed by atoms with E-state index in [1.165, 1.54) is 0 Å². The largest absolute Gasteiger partial charge is 0.396 e. The molecule has 0 heterocycles. The molecule has 0 atom stereocenters. The van der Waals surface area contributed by atoms with Crippen LogP contribution in [0.4, 0.5) is 0 Å². The Balaban J connectivity index is 2.34. The van der Waals surface area contributed by atoms with Crippen molar-refractivity contribution in [1.29, 1.82) is 0 Å². The van der Waals surface area contributed by atoms with E-state index in [4.69, 9.17) is 16.7 Å². The summed E-state index contributed by atoms with van der Waals surface area (Å²) in [4.78, 5) is 12.4. The molecule has 0 aliphatic heterocycles. The summed E-state index contributed by atoms with van der Waals surface area (Å²) in [5.74, 6) is -0.0698. The summed E-state index contributed by atoms with van der Waals surface area (Å²) in [6, 6.07) is 16.3. The van der Waals surface area contributed by atoms with Gasteiger partial charge in [0.15, 0.2) is 5.78 Å². The normalized spacial score (nSPS) is 11.4. The standard InChI is InChI=1S/C17H15ClO2/c18-16-8-4-5-13(12-16)11-15(9-10-19)17(20)14-6-2-1-3-7-14/h1-8,11-12,19H,9-10H2/b15-11-. The second-order valence-corrected chi connectivity index (χ2v) is 4.83. The lowest BCUT2D eigenvalue weighted by atomic mass is 9.99. The number of hydrogen-bond acceptors (Lipinski definition) is 2. The molecule has 102 valence electrons. The third-order valence-electron chi connectivity index (χ3n) is 2.90. The van der Waals surface area contributed by atoms with Crippen molar-refractivity contribution in [2.75, 3.05) is 6.61 Å². The second kappa shape index (κ2) is 7.04. The number of carbonyl (C=O) groups is 1. The van der Waals surface area contributed by atoms with Gasteiger partial charge in [-0.15, -0.1) is 0 Å². The van der Waals surface area contributed by atoms with Crippen LogP contribution in [0.1, 0.15) is 22.3 Å². The number of benzene rings is 2. The number of hydrogen-bond donors (Lipinski definition) is 1. The fourth-order valence-corrected chi connectivity index (χ4v) is 2.14. The first-order valence-electron chi connectivity index (χ1n) is 6.37. The van der Waals surface area contributed by atoms with Crippen molar-refractivity contribution in [1.82, 2.24) is 0 Å². The van der Waals surface area contributed by atoms with E-state index in [1.807, 2.05) is 30.3 Å². The van der Waals surface area contributed by atoms with Crippen LogP contribution in [0.15, 0.2) is 60.2 Å². The minimum Gasteiger partial charge on any atom is -0.396 e. The third kappa shape index (κ3) is 3.80. The summed E-state index contributed by atoms with van der Waals surface area (Å²) >= 11 is 5.94. The maximum Gasteiger partial charge on any atom is 0.189 e. The molecule has 0 saturated heterocycles. The predicted molar refractivity (Wildman–Crippen MR) is 81.9 cm³/mol. The number of ketones is 1. The highest BCUT2D eigenvalue weighted by molar-refractivity contribution is 6.30. The van der Waals surface area contributed by atoms with Crippen LogP contribution < -0.4 is 0 Å². The number of Topliss-reactive ketones (excluding diaryl/α,β-unsaturated/α-hetero) is 1. The number of halogens is 1. The van der Waals surface area contributed by atoms with Crippen LogP contribution >= 0.6 is 11.6 Å². The zero-order valence-electron chi connectivity index (χ0n) is 10.9. The van der Waals surface area contributed by atoms with E-state index in [1.54, 1.807) is 30.3 Å². The Bertz CT molecular complexity index is 618. The van der Waals surface area contributed by atoms with Gasteiger partial charge in [0, 0.05) is 22.8 Å². The number of aliphatic hydroxyl groups excluding tert-OH is 1. The maximum absolute atomic E-state index is 12.4. The molecule has 20 heavy (non-hydrogen) atoms. The Hall–Kier alpha value is -1.90. The van der Waals surface area contributed by atoms with Crippen molar-refractivity contribution in [2.24, 2.45) is 0 Å². The van der Waals surface area contributed by atoms with Crippen LogP contribution in [0.2, 0.25) is 5.02 Å². The van der Waals surface area contributed by atoms with Crippen LogP contribution in [-0.4, -0.2) is 17.5 Å². The summed E-state index contributed by atoms with van der Waals surface area (Å²) in [6.45, 7) is -0.0645. The van der Waals surface area contributed by atoms with E-state index in [2.05, 4.69) is 0 Å². The van der Waals surface area contributed by atoms with Crippen molar-refractivity contribution in [3.05, 3.63) is 76.3 Å². The van der Waals surface area contributed by atoms with E-state index >= 15 is 0 Å². The quantitative estimate of drug-likeness (QED) is 0.666. The van der Waals surface area contributed by atoms with Gasteiger partial charge in [0.2, 0.25) is 0 Å². The lowest BCUT2D eigenvalue weighted by Gasteiger charge is -2.06. The van der Waals surface area contributed by atoms with Gasteiger partial charge in [-0.1, -0.05) is 54.1 Å². The van der Waals surface area contributed by atoms with Gasteiger partial charge in [0.25, 0.3) is 0 Å². The molecule has 3 heteroatoms. The Morgan fingerprint density at radius 1 is 1.10 bits per heavy atom. The number of rotatable bonds is 5. The Morgan fingerprint density at radius 3 is 2.50 bits per heavy atom. The van der Waals surface area contributed by atoms with E-state index in [-0.39, 0.29) is 12.4 Å². The molecule has 0 aliphatic rings. The predicted octanol–water partition coefficient (Wildman–Crippen LogP) is 3.99. The molecule has 2 nitrogen and oxygen atoms in total. The number of carbonyl (C=O) groups excluding carboxylic acids is 1. The molecule has 0 bridgehead atoms. The zero-order chi connectivity index (χ0) is 14.4. The first-order valence-corrected chi connectivity index (χ1v) is 6.75. The molecule has 0 radical (unpaired) electrons. The van der Waals surface area contributed by atoms with Gasteiger partial charge in [0.05, 0.1) is 0 Å². The smallest absolute Gasteiger partial charge is 0.189 e. The monoisotopic (exact) mass is 286 g/mol. The first-order chi connectivity index (χ1) is 9.70.